The lowest BCUT2D eigenvalue weighted by atomic mass is 10.0. The number of carbonyl (C=O) groups excluding carboxylic acids is 1. The summed E-state index contributed by atoms with van der Waals surface area (Å²) in [5, 5.41) is 14.1. The Morgan fingerprint density at radius 1 is 0.461 bits per heavy atom. The highest BCUT2D eigenvalue weighted by atomic mass is 31.2. The number of nitrogens with zero attached hydrogens (tertiary/aromatic N) is 1. The van der Waals surface area contributed by atoms with Gasteiger partial charge in [-0.3, -0.25) is 13.8 Å². The van der Waals surface area contributed by atoms with Crippen molar-refractivity contribution in [2.75, 3.05) is 40.9 Å². The van der Waals surface area contributed by atoms with Gasteiger partial charge in [-0.25, -0.2) is 4.57 Å². The number of nitrogens with one attached hydrogen (secondary N) is 1. The van der Waals surface area contributed by atoms with Crippen molar-refractivity contribution in [2.45, 2.75) is 309 Å². The van der Waals surface area contributed by atoms with Crippen LogP contribution in [0.15, 0.2) is 72.9 Å². The van der Waals surface area contributed by atoms with Gasteiger partial charge < -0.3 is 19.8 Å². The third-order valence-electron chi connectivity index (χ3n) is 14.5. The van der Waals surface area contributed by atoms with Crippen molar-refractivity contribution in [1.82, 2.24) is 5.32 Å². The minimum atomic E-state index is -4.33. The van der Waals surface area contributed by atoms with Gasteiger partial charge in [-0.2, -0.15) is 0 Å². The molecule has 0 heterocycles. The smallest absolute Gasteiger partial charge is 0.391 e. The van der Waals surface area contributed by atoms with Crippen LogP contribution in [0.25, 0.3) is 0 Å². The van der Waals surface area contributed by atoms with Crippen molar-refractivity contribution in [1.29, 1.82) is 0 Å². The molecule has 3 N–H and O–H groups in total. The van der Waals surface area contributed by atoms with E-state index in [-0.39, 0.29) is 19.1 Å². The quantitative estimate of drug-likeness (QED) is 0.0243. The summed E-state index contributed by atoms with van der Waals surface area (Å²) in [7, 11) is 1.61. The van der Waals surface area contributed by atoms with Crippen LogP contribution >= 0.6 is 7.82 Å². The van der Waals surface area contributed by atoms with Crippen molar-refractivity contribution in [3.05, 3.63) is 72.9 Å². The van der Waals surface area contributed by atoms with Crippen molar-refractivity contribution in [2.24, 2.45) is 0 Å². The monoisotopic (exact) mass is 1090 g/mol. The average Bonchev–Trinajstić information content (AvgIpc) is 3.38. The molecule has 0 fully saturated rings. The Hall–Kier alpha value is -2.06. The number of carbonyl (C=O) groups is 1. The van der Waals surface area contributed by atoms with Crippen LogP contribution in [-0.2, 0) is 18.4 Å². The first kappa shape index (κ1) is 73.9. The number of phosphoric acid groups is 1. The number of aliphatic hydroxyl groups is 1. The van der Waals surface area contributed by atoms with Gasteiger partial charge in [0.15, 0.2) is 0 Å². The van der Waals surface area contributed by atoms with E-state index in [4.69, 9.17) is 9.05 Å². The summed E-state index contributed by atoms with van der Waals surface area (Å²) in [5.41, 5.74) is 0. The van der Waals surface area contributed by atoms with Gasteiger partial charge >= 0.3 is 7.82 Å². The van der Waals surface area contributed by atoms with Crippen LogP contribution in [0, 0.1) is 0 Å². The Bertz CT molecular complexity index is 1470. The summed E-state index contributed by atoms with van der Waals surface area (Å²) in [6.07, 6.45) is 79.7. The van der Waals surface area contributed by atoms with Crippen LogP contribution in [0.4, 0.5) is 0 Å². The maximum absolute atomic E-state index is 13.1. The highest BCUT2D eigenvalue weighted by Crippen LogP contribution is 2.43. The van der Waals surface area contributed by atoms with Crippen LogP contribution in [0.5, 0.6) is 0 Å². The standard InChI is InChI=1S/C67H125N2O6P/c1-6-8-10-12-14-16-18-20-22-24-26-28-30-32-33-34-35-37-39-41-43-45-47-49-51-53-55-57-59-61-67(71)68-65(64-75-76(72,73)74-63-62-69(3,4)5)66(70)60-58-56-54-52-50-48-46-44-42-40-38-36-31-29-27-25-23-21-19-17-15-13-11-9-7-2/h8,10,14,16,20,22,26,28,32-33,35,37,65-66,70H,6-7,9,11-13,15,17-19,21,23-25,27,29-31,34,36,38-64H2,1-5H3,(H-,68,71,72,73)/p+1/b10-8-,16-14-,22-20-,28-26-,33-32-,37-35-. The van der Waals surface area contributed by atoms with Crippen molar-refractivity contribution in [3.63, 3.8) is 0 Å². The number of rotatable bonds is 59. The molecule has 0 spiro atoms. The molecule has 1 amide bonds. The van der Waals surface area contributed by atoms with E-state index in [2.05, 4.69) is 92.1 Å². The predicted molar refractivity (Wildman–Crippen MR) is 332 cm³/mol. The summed E-state index contributed by atoms with van der Waals surface area (Å²) in [5.74, 6) is -0.148. The second-order valence-electron chi connectivity index (χ2n) is 23.1. The molecule has 0 aliphatic heterocycles. The van der Waals surface area contributed by atoms with Crippen molar-refractivity contribution < 1.29 is 32.9 Å². The number of phosphoric ester groups is 1. The van der Waals surface area contributed by atoms with Gasteiger partial charge in [0.1, 0.15) is 13.2 Å². The number of unbranched alkanes of at least 4 members (excludes halogenated alkanes) is 34. The van der Waals surface area contributed by atoms with Crippen molar-refractivity contribution in [3.8, 4) is 0 Å². The number of hydrogen-bond donors (Lipinski definition) is 3. The Balaban J connectivity index is 4.12. The molecule has 0 bridgehead atoms. The molecule has 0 aromatic rings. The second kappa shape index (κ2) is 57.6. The number of amides is 1. The molecular weight excluding hydrogens is 960 g/mol. The molecular formula is C67H126N2O6P+. The third-order valence-corrected chi connectivity index (χ3v) is 15.5. The van der Waals surface area contributed by atoms with Crippen LogP contribution in [0.3, 0.4) is 0 Å². The highest BCUT2D eigenvalue weighted by molar-refractivity contribution is 7.47. The molecule has 76 heavy (non-hydrogen) atoms. The number of hydrogen-bond acceptors (Lipinski definition) is 5. The van der Waals surface area contributed by atoms with E-state index in [1.165, 1.54) is 193 Å². The molecule has 0 saturated heterocycles. The fraction of sp³-hybridized carbons (Fsp3) is 0.806. The fourth-order valence-electron chi connectivity index (χ4n) is 9.47. The number of quaternary nitrogens is 1. The highest BCUT2D eigenvalue weighted by Gasteiger charge is 2.28. The summed E-state index contributed by atoms with van der Waals surface area (Å²) in [4.78, 5) is 23.4. The lowest BCUT2D eigenvalue weighted by Crippen LogP contribution is -2.46. The van der Waals surface area contributed by atoms with Gasteiger partial charge in [0, 0.05) is 6.42 Å². The average molecular weight is 1090 g/mol. The normalized spacial score (nSPS) is 14.2. The number of likely N-dealkylation sites (N-methyl/N-ethyl adjacent to an activating group) is 1. The van der Waals surface area contributed by atoms with Gasteiger partial charge in [0.25, 0.3) is 0 Å². The molecule has 9 heteroatoms. The molecule has 0 aromatic carbocycles. The zero-order valence-electron chi connectivity index (χ0n) is 50.7. The SMILES string of the molecule is CC/C=C\C/C=C\C/C=C\C/C=C\C/C=C\C/C=C\CCCCCCCCCCCCC(=O)NC(COP(=O)(O)OCC[N+](C)(C)C)C(O)CCCCCCCCCCCCCCCCCCCCCCCCCCC. The molecule has 3 atom stereocenters. The molecule has 0 saturated carbocycles. The third kappa shape index (κ3) is 59.6. The van der Waals surface area contributed by atoms with Crippen LogP contribution < -0.4 is 5.32 Å². The van der Waals surface area contributed by atoms with Crippen LogP contribution in [0.1, 0.15) is 296 Å². The first-order chi connectivity index (χ1) is 37.0. The van der Waals surface area contributed by atoms with Gasteiger partial charge in [-0.05, 0) is 64.2 Å². The molecule has 0 aromatic heterocycles. The van der Waals surface area contributed by atoms with Gasteiger partial charge in [-0.1, -0.05) is 299 Å². The maximum Gasteiger partial charge on any atom is 0.472 e. The van der Waals surface area contributed by atoms with E-state index < -0.39 is 20.0 Å². The topological polar surface area (TPSA) is 105 Å². The summed E-state index contributed by atoms with van der Waals surface area (Å²) in [6.45, 7) is 4.80. The minimum Gasteiger partial charge on any atom is -0.391 e. The molecule has 0 aliphatic rings. The van der Waals surface area contributed by atoms with E-state index in [1.54, 1.807) is 0 Å². The molecule has 0 rings (SSSR count). The Labute approximate surface area is 472 Å². The Morgan fingerprint density at radius 3 is 1.16 bits per heavy atom. The minimum absolute atomic E-state index is 0.0716. The van der Waals surface area contributed by atoms with E-state index in [0.29, 0.717) is 23.9 Å². The van der Waals surface area contributed by atoms with E-state index >= 15 is 0 Å². The maximum atomic E-state index is 13.1. The summed E-state index contributed by atoms with van der Waals surface area (Å²) < 4.78 is 23.9. The van der Waals surface area contributed by atoms with Gasteiger partial charge in [0.05, 0.1) is 39.9 Å². The fourth-order valence-corrected chi connectivity index (χ4v) is 10.2. The van der Waals surface area contributed by atoms with Crippen molar-refractivity contribution >= 4 is 13.7 Å². The molecule has 3 unspecified atom stereocenters. The lowest BCUT2D eigenvalue weighted by molar-refractivity contribution is -0.870. The summed E-state index contributed by atoms with van der Waals surface area (Å²) in [6, 6.07) is -0.769. The number of allylic oxidation sites excluding steroid dienone is 12. The lowest BCUT2D eigenvalue weighted by Gasteiger charge is -2.26. The van der Waals surface area contributed by atoms with E-state index in [0.717, 1.165) is 77.0 Å². The largest absolute Gasteiger partial charge is 0.472 e. The molecule has 0 aliphatic carbocycles. The Morgan fingerprint density at radius 2 is 0.789 bits per heavy atom. The zero-order valence-corrected chi connectivity index (χ0v) is 51.6. The summed E-state index contributed by atoms with van der Waals surface area (Å²) >= 11 is 0. The first-order valence-electron chi connectivity index (χ1n) is 32.3. The molecule has 8 nitrogen and oxygen atoms in total. The first-order valence-corrected chi connectivity index (χ1v) is 33.8. The molecule has 0 radical (unpaired) electrons. The van der Waals surface area contributed by atoms with Gasteiger partial charge in [0.2, 0.25) is 5.91 Å². The Kier molecular flexibility index (Phi) is 56.1. The van der Waals surface area contributed by atoms with E-state index in [9.17, 15) is 19.4 Å². The zero-order chi connectivity index (χ0) is 55.6. The van der Waals surface area contributed by atoms with Gasteiger partial charge in [-0.15, -0.1) is 0 Å². The second-order valence-corrected chi connectivity index (χ2v) is 24.6. The number of aliphatic hydroxyl groups excluding tert-OH is 1. The van der Waals surface area contributed by atoms with Crippen LogP contribution in [-0.4, -0.2) is 73.4 Å². The van der Waals surface area contributed by atoms with E-state index in [1.807, 2.05) is 21.1 Å². The van der Waals surface area contributed by atoms with Crippen LogP contribution in [0.2, 0.25) is 0 Å². The predicted octanol–water partition coefficient (Wildman–Crippen LogP) is 20.2. The molecule has 444 valence electrons.